The van der Waals surface area contributed by atoms with Gasteiger partial charge in [-0.2, -0.15) is 11.8 Å². The predicted octanol–water partition coefficient (Wildman–Crippen LogP) is 4.77. The van der Waals surface area contributed by atoms with E-state index < -0.39 is 10.0 Å². The lowest BCUT2D eigenvalue weighted by Gasteiger charge is -2.14. The number of benzene rings is 3. The minimum atomic E-state index is -3.72. The molecule has 1 amide bonds. The zero-order chi connectivity index (χ0) is 22.3. The summed E-state index contributed by atoms with van der Waals surface area (Å²) in [5, 5.41) is 2.92. The van der Waals surface area contributed by atoms with E-state index in [4.69, 9.17) is 0 Å². The number of amides is 1. The Hall–Kier alpha value is -2.77. The molecule has 3 rings (SSSR count). The maximum Gasteiger partial charge on any atom is 0.261 e. The molecule has 0 saturated heterocycles. The average molecular weight is 455 g/mol. The van der Waals surface area contributed by atoms with Gasteiger partial charge in [0.1, 0.15) is 0 Å². The molecule has 31 heavy (non-hydrogen) atoms. The topological polar surface area (TPSA) is 75.3 Å². The van der Waals surface area contributed by atoms with Crippen molar-refractivity contribution >= 4 is 33.4 Å². The number of carbonyl (C=O) groups excluding carboxylic acids is 1. The van der Waals surface area contributed by atoms with Gasteiger partial charge in [-0.25, -0.2) is 8.42 Å². The van der Waals surface area contributed by atoms with Crippen molar-refractivity contribution in [2.45, 2.75) is 24.5 Å². The Kier molecular flexibility index (Phi) is 7.76. The van der Waals surface area contributed by atoms with E-state index in [1.54, 1.807) is 55.1 Å². The number of aryl methyl sites for hydroxylation is 1. The number of rotatable bonds is 9. The molecule has 0 aromatic heterocycles. The SMILES string of the molecule is Cc1ccc(CSCCNC(=O)c2cccc(NS(=O)(=O)c3ccccc3)c2C)cc1. The Balaban J connectivity index is 1.56. The van der Waals surface area contributed by atoms with Crippen LogP contribution < -0.4 is 10.0 Å². The molecule has 5 nitrogen and oxygen atoms in total. The molecule has 0 bridgehead atoms. The molecule has 2 N–H and O–H groups in total. The molecule has 0 fully saturated rings. The van der Waals surface area contributed by atoms with Gasteiger partial charge in [0, 0.05) is 23.6 Å². The van der Waals surface area contributed by atoms with Crippen LogP contribution in [0.1, 0.15) is 27.0 Å². The molecule has 0 unspecified atom stereocenters. The van der Waals surface area contributed by atoms with Crippen LogP contribution in [-0.2, 0) is 15.8 Å². The van der Waals surface area contributed by atoms with Gasteiger partial charge in [0.05, 0.1) is 10.6 Å². The lowest BCUT2D eigenvalue weighted by atomic mass is 10.1. The van der Waals surface area contributed by atoms with Gasteiger partial charge in [-0.3, -0.25) is 9.52 Å². The third-order valence-corrected chi connectivity index (χ3v) is 7.21. The second kappa shape index (κ2) is 10.5. The van der Waals surface area contributed by atoms with E-state index in [1.165, 1.54) is 23.3 Å². The minimum Gasteiger partial charge on any atom is -0.351 e. The summed E-state index contributed by atoms with van der Waals surface area (Å²) in [4.78, 5) is 12.8. The fourth-order valence-electron chi connectivity index (χ4n) is 3.00. The number of hydrogen-bond acceptors (Lipinski definition) is 4. The Morgan fingerprint density at radius 1 is 0.903 bits per heavy atom. The number of nitrogens with one attached hydrogen (secondary N) is 2. The molecular formula is C24H26N2O3S2. The van der Waals surface area contributed by atoms with E-state index in [-0.39, 0.29) is 10.8 Å². The summed E-state index contributed by atoms with van der Waals surface area (Å²) < 4.78 is 27.8. The molecule has 0 radical (unpaired) electrons. The van der Waals surface area contributed by atoms with Gasteiger partial charge in [-0.05, 0) is 49.2 Å². The van der Waals surface area contributed by atoms with Crippen LogP contribution in [0.2, 0.25) is 0 Å². The Labute approximate surface area is 188 Å². The normalized spacial score (nSPS) is 11.2. The minimum absolute atomic E-state index is 0.176. The van der Waals surface area contributed by atoms with Gasteiger partial charge in [0.25, 0.3) is 15.9 Å². The van der Waals surface area contributed by atoms with Gasteiger partial charge in [-0.1, -0.05) is 54.1 Å². The summed E-state index contributed by atoms with van der Waals surface area (Å²) in [5.41, 5.74) is 3.94. The maximum atomic E-state index is 12.6. The second-order valence-electron chi connectivity index (χ2n) is 7.19. The number of anilines is 1. The highest BCUT2D eigenvalue weighted by Crippen LogP contribution is 2.22. The van der Waals surface area contributed by atoms with Crippen LogP contribution in [0.5, 0.6) is 0 Å². The summed E-state index contributed by atoms with van der Waals surface area (Å²) in [5.74, 6) is 1.47. The second-order valence-corrected chi connectivity index (χ2v) is 9.98. The monoisotopic (exact) mass is 454 g/mol. The predicted molar refractivity (Wildman–Crippen MR) is 128 cm³/mol. The molecule has 0 aliphatic carbocycles. The summed E-state index contributed by atoms with van der Waals surface area (Å²) in [6, 6.07) is 21.6. The highest BCUT2D eigenvalue weighted by molar-refractivity contribution is 7.98. The van der Waals surface area contributed by atoms with E-state index >= 15 is 0 Å². The molecule has 0 heterocycles. The van der Waals surface area contributed by atoms with Crippen molar-refractivity contribution in [3.8, 4) is 0 Å². The first-order chi connectivity index (χ1) is 14.9. The standard InChI is InChI=1S/C24H26N2O3S2/c1-18-11-13-20(14-12-18)17-30-16-15-25-24(27)22-9-6-10-23(19(22)2)26-31(28,29)21-7-4-3-5-8-21/h3-14,26H,15-17H2,1-2H3,(H,25,27). The number of thioether (sulfide) groups is 1. The summed E-state index contributed by atoms with van der Waals surface area (Å²) in [6.07, 6.45) is 0. The van der Waals surface area contributed by atoms with Crippen molar-refractivity contribution in [1.82, 2.24) is 5.32 Å². The van der Waals surface area contributed by atoms with Crippen molar-refractivity contribution < 1.29 is 13.2 Å². The van der Waals surface area contributed by atoms with Gasteiger partial charge < -0.3 is 5.32 Å². The van der Waals surface area contributed by atoms with Crippen molar-refractivity contribution in [2.24, 2.45) is 0 Å². The van der Waals surface area contributed by atoms with Gasteiger partial charge in [0.15, 0.2) is 0 Å². The van der Waals surface area contributed by atoms with Crippen LogP contribution in [0.3, 0.4) is 0 Å². The quantitative estimate of drug-likeness (QED) is 0.457. The molecule has 162 valence electrons. The van der Waals surface area contributed by atoms with Crippen LogP contribution in [0, 0.1) is 13.8 Å². The zero-order valence-electron chi connectivity index (χ0n) is 17.6. The van der Waals surface area contributed by atoms with Crippen molar-refractivity contribution in [2.75, 3.05) is 17.0 Å². The number of carbonyl (C=O) groups is 1. The highest BCUT2D eigenvalue weighted by atomic mass is 32.2. The average Bonchev–Trinajstić information content (AvgIpc) is 2.76. The highest BCUT2D eigenvalue weighted by Gasteiger charge is 2.17. The van der Waals surface area contributed by atoms with Crippen LogP contribution in [0.25, 0.3) is 0 Å². The maximum absolute atomic E-state index is 12.6. The van der Waals surface area contributed by atoms with E-state index in [2.05, 4.69) is 41.2 Å². The molecule has 0 atom stereocenters. The lowest BCUT2D eigenvalue weighted by Crippen LogP contribution is -2.27. The fourth-order valence-corrected chi connectivity index (χ4v) is 4.96. The van der Waals surface area contributed by atoms with Crippen molar-refractivity contribution in [3.05, 3.63) is 95.1 Å². The van der Waals surface area contributed by atoms with Gasteiger partial charge >= 0.3 is 0 Å². The molecule has 0 spiro atoms. The van der Waals surface area contributed by atoms with E-state index in [1.807, 2.05) is 0 Å². The smallest absolute Gasteiger partial charge is 0.261 e. The van der Waals surface area contributed by atoms with E-state index in [0.29, 0.717) is 23.4 Å². The summed E-state index contributed by atoms with van der Waals surface area (Å²) in [7, 11) is -3.72. The van der Waals surface area contributed by atoms with Crippen molar-refractivity contribution in [3.63, 3.8) is 0 Å². The van der Waals surface area contributed by atoms with Gasteiger partial charge in [-0.15, -0.1) is 0 Å². The molecule has 7 heteroatoms. The molecule has 3 aromatic rings. The van der Waals surface area contributed by atoms with Crippen LogP contribution >= 0.6 is 11.8 Å². The lowest BCUT2D eigenvalue weighted by molar-refractivity contribution is 0.0955. The van der Waals surface area contributed by atoms with Crippen LogP contribution in [-0.4, -0.2) is 26.6 Å². The first kappa shape index (κ1) is 22.9. The van der Waals surface area contributed by atoms with Crippen molar-refractivity contribution in [1.29, 1.82) is 0 Å². The molecular weight excluding hydrogens is 428 g/mol. The third kappa shape index (κ3) is 6.35. The summed E-state index contributed by atoms with van der Waals surface area (Å²) in [6.45, 7) is 4.34. The summed E-state index contributed by atoms with van der Waals surface area (Å²) >= 11 is 1.76. The zero-order valence-corrected chi connectivity index (χ0v) is 19.2. The molecule has 3 aromatic carbocycles. The number of hydrogen-bond donors (Lipinski definition) is 2. The first-order valence-corrected chi connectivity index (χ1v) is 12.6. The molecule has 0 aliphatic rings. The van der Waals surface area contributed by atoms with Gasteiger partial charge in [0.2, 0.25) is 0 Å². The van der Waals surface area contributed by atoms with Crippen LogP contribution in [0.4, 0.5) is 5.69 Å². The fraction of sp³-hybridized carbons (Fsp3) is 0.208. The Morgan fingerprint density at radius 3 is 2.32 bits per heavy atom. The largest absolute Gasteiger partial charge is 0.351 e. The molecule has 0 saturated carbocycles. The van der Waals surface area contributed by atoms with Crippen LogP contribution in [0.15, 0.2) is 77.7 Å². The Morgan fingerprint density at radius 2 is 1.61 bits per heavy atom. The van der Waals surface area contributed by atoms with E-state index in [9.17, 15) is 13.2 Å². The Bertz CT molecular complexity index is 1130. The third-order valence-electron chi connectivity index (χ3n) is 4.80. The first-order valence-electron chi connectivity index (χ1n) is 9.96. The molecule has 0 aliphatic heterocycles. The van der Waals surface area contributed by atoms with E-state index in [0.717, 1.165) is 11.5 Å². The number of sulfonamides is 1.